The van der Waals surface area contributed by atoms with Crippen molar-refractivity contribution in [3.05, 3.63) is 36.4 Å². The summed E-state index contributed by atoms with van der Waals surface area (Å²) in [6, 6.07) is 12.0. The third kappa shape index (κ3) is 2.66. The van der Waals surface area contributed by atoms with E-state index in [-0.39, 0.29) is 0 Å². The molecule has 2 heterocycles. The normalized spacial score (nSPS) is 15.5. The van der Waals surface area contributed by atoms with E-state index in [1.54, 1.807) is 6.07 Å². The highest BCUT2D eigenvalue weighted by molar-refractivity contribution is 5.63. The molecule has 5 nitrogen and oxygen atoms in total. The summed E-state index contributed by atoms with van der Waals surface area (Å²) in [5.74, 6) is 0.439. The number of aromatic nitrogens is 2. The quantitative estimate of drug-likeness (QED) is 0.883. The zero-order valence-corrected chi connectivity index (χ0v) is 10.6. The Hall–Kier alpha value is -2.14. The Balaban J connectivity index is 1.80. The first-order chi connectivity index (χ1) is 9.33. The Bertz CT molecular complexity index is 532. The van der Waals surface area contributed by atoms with Gasteiger partial charge in [-0.25, -0.2) is 0 Å². The number of ether oxygens (including phenoxy) is 1. The molecule has 1 aromatic carbocycles. The number of hydrogen-bond acceptors (Lipinski definition) is 5. The molecule has 0 saturated carbocycles. The second-order valence-electron chi connectivity index (χ2n) is 4.49. The molecule has 98 valence electrons. The summed E-state index contributed by atoms with van der Waals surface area (Å²) in [4.78, 5) is 2.32. The third-order valence-electron chi connectivity index (χ3n) is 3.22. The molecule has 3 rings (SSSR count). The first kappa shape index (κ1) is 11.9. The third-order valence-corrected chi connectivity index (χ3v) is 3.22. The van der Waals surface area contributed by atoms with Crippen molar-refractivity contribution >= 4 is 11.5 Å². The molecule has 0 atom stereocenters. The summed E-state index contributed by atoms with van der Waals surface area (Å²) in [5.41, 5.74) is 8.63. The van der Waals surface area contributed by atoms with Gasteiger partial charge in [0.1, 0.15) is 5.82 Å². The Morgan fingerprint density at radius 3 is 2.32 bits per heavy atom. The lowest BCUT2D eigenvalue weighted by atomic mass is 10.1. The molecule has 0 unspecified atom stereocenters. The minimum absolute atomic E-state index is 0.439. The van der Waals surface area contributed by atoms with Crippen molar-refractivity contribution in [2.24, 2.45) is 0 Å². The van der Waals surface area contributed by atoms with E-state index in [4.69, 9.17) is 10.5 Å². The van der Waals surface area contributed by atoms with Gasteiger partial charge in [-0.05, 0) is 24.3 Å². The van der Waals surface area contributed by atoms with Crippen molar-refractivity contribution in [3.63, 3.8) is 0 Å². The van der Waals surface area contributed by atoms with E-state index in [1.807, 2.05) is 6.07 Å². The highest BCUT2D eigenvalue weighted by Gasteiger charge is 2.11. The molecule has 2 aromatic rings. The van der Waals surface area contributed by atoms with Crippen LogP contribution in [0.3, 0.4) is 0 Å². The van der Waals surface area contributed by atoms with Gasteiger partial charge in [-0.3, -0.25) is 0 Å². The van der Waals surface area contributed by atoms with Crippen molar-refractivity contribution in [2.75, 3.05) is 36.9 Å². The molecule has 1 aromatic heterocycles. The number of rotatable bonds is 2. The number of benzene rings is 1. The lowest BCUT2D eigenvalue weighted by molar-refractivity contribution is 0.122. The van der Waals surface area contributed by atoms with Crippen molar-refractivity contribution < 1.29 is 4.74 Å². The highest BCUT2D eigenvalue weighted by atomic mass is 16.5. The van der Waals surface area contributed by atoms with E-state index in [0.717, 1.165) is 37.6 Å². The predicted octanol–water partition coefficient (Wildman–Crippen LogP) is 1.56. The van der Waals surface area contributed by atoms with Crippen LogP contribution in [0, 0.1) is 0 Å². The molecule has 0 amide bonds. The van der Waals surface area contributed by atoms with Crippen LogP contribution in [0.5, 0.6) is 0 Å². The van der Waals surface area contributed by atoms with Crippen molar-refractivity contribution in [1.29, 1.82) is 0 Å². The van der Waals surface area contributed by atoms with Gasteiger partial charge in [0, 0.05) is 24.3 Å². The molecule has 5 heteroatoms. The minimum Gasteiger partial charge on any atom is -0.382 e. The van der Waals surface area contributed by atoms with Crippen LogP contribution in [0.25, 0.3) is 11.3 Å². The zero-order valence-electron chi connectivity index (χ0n) is 10.6. The number of nitrogens with two attached hydrogens (primary N) is 1. The van der Waals surface area contributed by atoms with Crippen LogP contribution in [-0.2, 0) is 4.74 Å². The van der Waals surface area contributed by atoms with Gasteiger partial charge >= 0.3 is 0 Å². The fourth-order valence-electron chi connectivity index (χ4n) is 2.16. The molecule has 1 aliphatic heterocycles. The predicted molar refractivity (Wildman–Crippen MR) is 74.9 cm³/mol. The van der Waals surface area contributed by atoms with Crippen LogP contribution >= 0.6 is 0 Å². The topological polar surface area (TPSA) is 64.3 Å². The molecular formula is C14H16N4O. The Morgan fingerprint density at radius 2 is 1.68 bits per heavy atom. The SMILES string of the molecule is Nc1ccc(-c2ccc(N3CCOCC3)cc2)nn1. The lowest BCUT2D eigenvalue weighted by Gasteiger charge is -2.28. The van der Waals surface area contributed by atoms with Crippen LogP contribution < -0.4 is 10.6 Å². The van der Waals surface area contributed by atoms with Gasteiger partial charge in [-0.15, -0.1) is 10.2 Å². The van der Waals surface area contributed by atoms with Gasteiger partial charge in [0.25, 0.3) is 0 Å². The van der Waals surface area contributed by atoms with Gasteiger partial charge in [-0.1, -0.05) is 12.1 Å². The molecule has 0 spiro atoms. The number of nitrogen functional groups attached to an aromatic ring is 1. The van der Waals surface area contributed by atoms with Gasteiger partial charge in [0.05, 0.1) is 18.9 Å². The van der Waals surface area contributed by atoms with E-state index < -0.39 is 0 Å². The van der Waals surface area contributed by atoms with Crippen molar-refractivity contribution in [2.45, 2.75) is 0 Å². The average molecular weight is 256 g/mol. The van der Waals surface area contributed by atoms with Crippen LogP contribution in [0.1, 0.15) is 0 Å². The smallest absolute Gasteiger partial charge is 0.146 e. The summed E-state index contributed by atoms with van der Waals surface area (Å²) in [6.07, 6.45) is 0. The second-order valence-corrected chi connectivity index (χ2v) is 4.49. The molecule has 2 N–H and O–H groups in total. The van der Waals surface area contributed by atoms with Crippen molar-refractivity contribution in [3.8, 4) is 11.3 Å². The highest BCUT2D eigenvalue weighted by Crippen LogP contribution is 2.22. The fraction of sp³-hybridized carbons (Fsp3) is 0.286. The second kappa shape index (κ2) is 5.24. The van der Waals surface area contributed by atoms with Crippen LogP contribution in [-0.4, -0.2) is 36.5 Å². The maximum Gasteiger partial charge on any atom is 0.146 e. The van der Waals surface area contributed by atoms with Crippen molar-refractivity contribution in [1.82, 2.24) is 10.2 Å². The molecular weight excluding hydrogens is 240 g/mol. The van der Waals surface area contributed by atoms with E-state index in [2.05, 4.69) is 39.4 Å². The molecule has 1 aliphatic rings. The minimum atomic E-state index is 0.439. The van der Waals surface area contributed by atoms with E-state index in [1.165, 1.54) is 5.69 Å². The van der Waals surface area contributed by atoms with Gasteiger partial charge in [0.2, 0.25) is 0 Å². The monoisotopic (exact) mass is 256 g/mol. The summed E-state index contributed by atoms with van der Waals surface area (Å²) < 4.78 is 5.35. The number of nitrogens with zero attached hydrogens (tertiary/aromatic N) is 3. The van der Waals surface area contributed by atoms with Crippen LogP contribution in [0.15, 0.2) is 36.4 Å². The van der Waals surface area contributed by atoms with E-state index >= 15 is 0 Å². The largest absolute Gasteiger partial charge is 0.382 e. The maximum atomic E-state index is 5.53. The van der Waals surface area contributed by atoms with E-state index in [0.29, 0.717) is 5.82 Å². The van der Waals surface area contributed by atoms with Gasteiger partial charge in [-0.2, -0.15) is 0 Å². The van der Waals surface area contributed by atoms with Gasteiger partial charge in [0.15, 0.2) is 0 Å². The molecule has 0 radical (unpaired) electrons. The number of hydrogen-bond donors (Lipinski definition) is 1. The summed E-state index contributed by atoms with van der Waals surface area (Å²) in [5, 5.41) is 7.95. The molecule has 19 heavy (non-hydrogen) atoms. The molecule has 0 bridgehead atoms. The van der Waals surface area contributed by atoms with Crippen LogP contribution in [0.4, 0.5) is 11.5 Å². The number of morpholine rings is 1. The molecule has 1 fully saturated rings. The average Bonchev–Trinajstić information content (AvgIpc) is 2.49. The van der Waals surface area contributed by atoms with Crippen LogP contribution in [0.2, 0.25) is 0 Å². The Kier molecular flexibility index (Phi) is 3.29. The first-order valence-corrected chi connectivity index (χ1v) is 6.35. The summed E-state index contributed by atoms with van der Waals surface area (Å²) in [7, 11) is 0. The lowest BCUT2D eigenvalue weighted by Crippen LogP contribution is -2.36. The molecule has 0 aliphatic carbocycles. The Morgan fingerprint density at radius 1 is 0.947 bits per heavy atom. The zero-order chi connectivity index (χ0) is 13.1. The summed E-state index contributed by atoms with van der Waals surface area (Å²) >= 11 is 0. The molecule has 1 saturated heterocycles. The maximum absolute atomic E-state index is 5.53. The standard InChI is InChI=1S/C14H16N4O/c15-14-6-5-13(16-17-14)11-1-3-12(4-2-11)18-7-9-19-10-8-18/h1-6H,7-10H2,(H2,15,17). The van der Waals surface area contributed by atoms with E-state index in [9.17, 15) is 0 Å². The van der Waals surface area contributed by atoms with Gasteiger partial charge < -0.3 is 15.4 Å². The number of anilines is 2. The Labute approximate surface area is 112 Å². The fourth-order valence-corrected chi connectivity index (χ4v) is 2.16. The first-order valence-electron chi connectivity index (χ1n) is 6.35. The summed E-state index contributed by atoms with van der Waals surface area (Å²) in [6.45, 7) is 3.48.